The first kappa shape index (κ1) is 12.0. The minimum Gasteiger partial charge on any atom is -0.321 e. The van der Waals surface area contributed by atoms with E-state index in [2.05, 4.69) is 10.3 Å². The molecule has 0 aliphatic carbocycles. The van der Waals surface area contributed by atoms with E-state index in [1.54, 1.807) is 30.6 Å². The lowest BCUT2D eigenvalue weighted by atomic mass is 10.2. The number of amides is 1. The normalized spacial score (nSPS) is 10.1. The minimum atomic E-state index is -0.246. The highest BCUT2D eigenvalue weighted by Crippen LogP contribution is 2.06. The van der Waals surface area contributed by atoms with Gasteiger partial charge in [-0.1, -0.05) is 0 Å². The Bertz CT molecular complexity index is 605. The summed E-state index contributed by atoms with van der Waals surface area (Å²) in [4.78, 5) is 27.1. The van der Waals surface area contributed by atoms with Gasteiger partial charge in [-0.3, -0.25) is 14.6 Å². The van der Waals surface area contributed by atoms with E-state index in [9.17, 15) is 9.59 Å². The van der Waals surface area contributed by atoms with E-state index in [0.29, 0.717) is 17.8 Å². The SMILES string of the molecule is CCn1cc(NC(=O)c2cccnc2)ccc1=O. The summed E-state index contributed by atoms with van der Waals surface area (Å²) in [6, 6.07) is 6.39. The van der Waals surface area contributed by atoms with Crippen molar-refractivity contribution in [3.63, 3.8) is 0 Å². The molecule has 0 saturated heterocycles. The number of carbonyl (C=O) groups excluding carboxylic acids is 1. The van der Waals surface area contributed by atoms with Gasteiger partial charge < -0.3 is 9.88 Å². The van der Waals surface area contributed by atoms with E-state index in [1.165, 1.54) is 16.8 Å². The molecular weight excluding hydrogens is 230 g/mol. The smallest absolute Gasteiger partial charge is 0.257 e. The van der Waals surface area contributed by atoms with Gasteiger partial charge in [0.1, 0.15) is 0 Å². The highest BCUT2D eigenvalue weighted by molar-refractivity contribution is 6.03. The Kier molecular flexibility index (Phi) is 3.52. The molecule has 0 aliphatic heterocycles. The Labute approximate surface area is 104 Å². The molecule has 0 radical (unpaired) electrons. The van der Waals surface area contributed by atoms with Crippen LogP contribution < -0.4 is 10.9 Å². The zero-order valence-corrected chi connectivity index (χ0v) is 9.96. The van der Waals surface area contributed by atoms with Gasteiger partial charge >= 0.3 is 0 Å². The second-order valence-corrected chi connectivity index (χ2v) is 3.74. The molecule has 0 unspecified atom stereocenters. The van der Waals surface area contributed by atoms with Crippen molar-refractivity contribution in [1.29, 1.82) is 0 Å². The molecule has 5 nitrogen and oxygen atoms in total. The quantitative estimate of drug-likeness (QED) is 0.888. The first-order valence-electron chi connectivity index (χ1n) is 5.62. The molecule has 0 aromatic carbocycles. The third-order valence-electron chi connectivity index (χ3n) is 2.51. The molecule has 0 aliphatic rings. The van der Waals surface area contributed by atoms with Crippen molar-refractivity contribution in [2.75, 3.05) is 5.32 Å². The molecule has 2 heterocycles. The second-order valence-electron chi connectivity index (χ2n) is 3.74. The number of aromatic nitrogens is 2. The Morgan fingerprint density at radius 1 is 1.39 bits per heavy atom. The van der Waals surface area contributed by atoms with E-state index < -0.39 is 0 Å². The molecule has 5 heteroatoms. The van der Waals surface area contributed by atoms with Crippen molar-refractivity contribution < 1.29 is 4.79 Å². The first-order valence-corrected chi connectivity index (χ1v) is 5.62. The molecule has 2 aromatic rings. The van der Waals surface area contributed by atoms with Crippen LogP contribution in [0.4, 0.5) is 5.69 Å². The van der Waals surface area contributed by atoms with Gasteiger partial charge in [-0.05, 0) is 25.1 Å². The number of hydrogen-bond donors (Lipinski definition) is 1. The summed E-state index contributed by atoms with van der Waals surface area (Å²) in [5, 5.41) is 2.72. The molecule has 2 aromatic heterocycles. The summed E-state index contributed by atoms with van der Waals surface area (Å²) in [6.45, 7) is 2.43. The number of aryl methyl sites for hydroxylation is 1. The lowest BCUT2D eigenvalue weighted by Crippen LogP contribution is -2.19. The number of nitrogens with zero attached hydrogens (tertiary/aromatic N) is 2. The molecule has 0 fully saturated rings. The van der Waals surface area contributed by atoms with E-state index in [1.807, 2.05) is 6.92 Å². The van der Waals surface area contributed by atoms with Crippen molar-refractivity contribution in [2.24, 2.45) is 0 Å². The highest BCUT2D eigenvalue weighted by atomic mass is 16.1. The monoisotopic (exact) mass is 243 g/mol. The Morgan fingerprint density at radius 3 is 2.89 bits per heavy atom. The van der Waals surface area contributed by atoms with E-state index in [0.717, 1.165) is 0 Å². The molecule has 0 saturated carbocycles. The van der Waals surface area contributed by atoms with Crippen LogP contribution in [0.5, 0.6) is 0 Å². The maximum Gasteiger partial charge on any atom is 0.257 e. The number of pyridine rings is 2. The van der Waals surface area contributed by atoms with Crippen LogP contribution in [0.1, 0.15) is 17.3 Å². The van der Waals surface area contributed by atoms with Gasteiger partial charge in [0.25, 0.3) is 11.5 Å². The Hall–Kier alpha value is -2.43. The Morgan fingerprint density at radius 2 is 2.22 bits per heavy atom. The maximum absolute atomic E-state index is 11.9. The maximum atomic E-state index is 11.9. The summed E-state index contributed by atoms with van der Waals surface area (Å²) in [6.07, 6.45) is 4.72. The summed E-state index contributed by atoms with van der Waals surface area (Å²) < 4.78 is 1.53. The number of nitrogens with one attached hydrogen (secondary N) is 1. The minimum absolute atomic E-state index is 0.0862. The molecular formula is C13H13N3O2. The van der Waals surface area contributed by atoms with Crippen LogP contribution in [0, 0.1) is 0 Å². The second kappa shape index (κ2) is 5.27. The molecule has 0 spiro atoms. The standard InChI is InChI=1S/C13H13N3O2/c1-2-16-9-11(5-6-12(16)17)15-13(18)10-4-3-7-14-8-10/h3-9H,2H2,1H3,(H,15,18). The zero-order valence-electron chi connectivity index (χ0n) is 9.96. The summed E-state index contributed by atoms with van der Waals surface area (Å²) in [7, 11) is 0. The third kappa shape index (κ3) is 2.63. The summed E-state index contributed by atoms with van der Waals surface area (Å²) >= 11 is 0. The van der Waals surface area contributed by atoms with Crippen molar-refractivity contribution >= 4 is 11.6 Å². The predicted octanol–water partition coefficient (Wildman–Crippen LogP) is 1.52. The van der Waals surface area contributed by atoms with Crippen molar-refractivity contribution in [1.82, 2.24) is 9.55 Å². The van der Waals surface area contributed by atoms with Gasteiger partial charge in [0, 0.05) is 31.2 Å². The molecule has 1 N–H and O–H groups in total. The van der Waals surface area contributed by atoms with Crippen LogP contribution in [0.2, 0.25) is 0 Å². The van der Waals surface area contributed by atoms with Gasteiger partial charge in [-0.2, -0.15) is 0 Å². The van der Waals surface area contributed by atoms with E-state index in [-0.39, 0.29) is 11.5 Å². The van der Waals surface area contributed by atoms with Crippen LogP contribution in [0.15, 0.2) is 47.7 Å². The number of hydrogen-bond acceptors (Lipinski definition) is 3. The molecule has 1 amide bonds. The van der Waals surface area contributed by atoms with Crippen LogP contribution in [-0.2, 0) is 6.54 Å². The highest BCUT2D eigenvalue weighted by Gasteiger charge is 2.06. The van der Waals surface area contributed by atoms with Gasteiger partial charge in [-0.15, -0.1) is 0 Å². The lowest BCUT2D eigenvalue weighted by molar-refractivity contribution is 0.102. The van der Waals surface area contributed by atoms with Crippen LogP contribution in [0.3, 0.4) is 0 Å². The first-order chi connectivity index (χ1) is 8.70. The van der Waals surface area contributed by atoms with Crippen LogP contribution in [0.25, 0.3) is 0 Å². The molecule has 92 valence electrons. The fraction of sp³-hybridized carbons (Fsp3) is 0.154. The fourth-order valence-electron chi connectivity index (χ4n) is 1.55. The van der Waals surface area contributed by atoms with Crippen molar-refractivity contribution in [2.45, 2.75) is 13.5 Å². The van der Waals surface area contributed by atoms with Crippen molar-refractivity contribution in [3.8, 4) is 0 Å². The molecule has 2 rings (SSSR count). The van der Waals surface area contributed by atoms with Crippen LogP contribution >= 0.6 is 0 Å². The average molecular weight is 243 g/mol. The Balaban J connectivity index is 2.20. The van der Waals surface area contributed by atoms with Gasteiger partial charge in [0.15, 0.2) is 0 Å². The van der Waals surface area contributed by atoms with Gasteiger partial charge in [0.2, 0.25) is 0 Å². The number of rotatable bonds is 3. The zero-order chi connectivity index (χ0) is 13.0. The average Bonchev–Trinajstić information content (AvgIpc) is 2.42. The molecule has 18 heavy (non-hydrogen) atoms. The number of anilines is 1. The summed E-state index contributed by atoms with van der Waals surface area (Å²) in [5.74, 6) is -0.246. The summed E-state index contributed by atoms with van der Waals surface area (Å²) in [5.41, 5.74) is 0.980. The molecule has 0 atom stereocenters. The number of carbonyl (C=O) groups is 1. The van der Waals surface area contributed by atoms with Crippen molar-refractivity contribution in [3.05, 3.63) is 58.8 Å². The lowest BCUT2D eigenvalue weighted by Gasteiger charge is -2.07. The third-order valence-corrected chi connectivity index (χ3v) is 2.51. The predicted molar refractivity (Wildman–Crippen MR) is 68.6 cm³/mol. The van der Waals surface area contributed by atoms with E-state index in [4.69, 9.17) is 0 Å². The largest absolute Gasteiger partial charge is 0.321 e. The topological polar surface area (TPSA) is 64.0 Å². The fourth-order valence-corrected chi connectivity index (χ4v) is 1.55. The van der Waals surface area contributed by atoms with Gasteiger partial charge in [-0.25, -0.2) is 0 Å². The van der Waals surface area contributed by atoms with Gasteiger partial charge in [0.05, 0.1) is 11.3 Å². The van der Waals surface area contributed by atoms with E-state index >= 15 is 0 Å². The molecule has 0 bridgehead atoms. The van der Waals surface area contributed by atoms with Crippen LogP contribution in [-0.4, -0.2) is 15.5 Å².